The van der Waals surface area contributed by atoms with E-state index in [0.717, 1.165) is 0 Å². The fourth-order valence-electron chi connectivity index (χ4n) is 1.98. The first-order chi connectivity index (χ1) is 9.93. The Bertz CT molecular complexity index is 690. The lowest BCUT2D eigenvalue weighted by Crippen LogP contribution is -2.17. The SMILES string of the molecule is CCn1nc(C)c(Cl)c1C(=O)Nc1ccc(C(C)=O)cc1. The van der Waals surface area contributed by atoms with Gasteiger partial charge < -0.3 is 5.32 Å². The van der Waals surface area contributed by atoms with E-state index in [9.17, 15) is 9.59 Å². The molecule has 1 N–H and O–H groups in total. The van der Waals surface area contributed by atoms with Crippen LogP contribution in [0.2, 0.25) is 5.02 Å². The van der Waals surface area contributed by atoms with Gasteiger partial charge >= 0.3 is 0 Å². The van der Waals surface area contributed by atoms with Crippen molar-refractivity contribution in [2.75, 3.05) is 5.32 Å². The van der Waals surface area contributed by atoms with Gasteiger partial charge in [0.1, 0.15) is 5.69 Å². The van der Waals surface area contributed by atoms with Gasteiger partial charge in [0.25, 0.3) is 5.91 Å². The summed E-state index contributed by atoms with van der Waals surface area (Å²) in [7, 11) is 0. The molecular formula is C15H16ClN3O2. The summed E-state index contributed by atoms with van der Waals surface area (Å²) < 4.78 is 1.57. The largest absolute Gasteiger partial charge is 0.321 e. The number of rotatable bonds is 4. The van der Waals surface area contributed by atoms with Crippen molar-refractivity contribution < 1.29 is 9.59 Å². The normalized spacial score (nSPS) is 10.5. The molecule has 2 rings (SSSR count). The third kappa shape index (κ3) is 3.13. The third-order valence-electron chi connectivity index (χ3n) is 3.12. The average molecular weight is 306 g/mol. The van der Waals surface area contributed by atoms with Crippen molar-refractivity contribution in [3.05, 3.63) is 46.2 Å². The summed E-state index contributed by atoms with van der Waals surface area (Å²) in [5, 5.41) is 7.32. The van der Waals surface area contributed by atoms with Crippen molar-refractivity contribution in [1.82, 2.24) is 9.78 Å². The molecular weight excluding hydrogens is 290 g/mol. The van der Waals surface area contributed by atoms with Gasteiger partial charge in [0.15, 0.2) is 5.78 Å². The molecule has 0 saturated heterocycles. The summed E-state index contributed by atoms with van der Waals surface area (Å²) in [5.74, 6) is -0.339. The van der Waals surface area contributed by atoms with Crippen molar-refractivity contribution >= 4 is 29.0 Å². The first-order valence-electron chi connectivity index (χ1n) is 6.59. The lowest BCUT2D eigenvalue weighted by Gasteiger charge is -2.07. The maximum Gasteiger partial charge on any atom is 0.275 e. The van der Waals surface area contributed by atoms with Gasteiger partial charge in [-0.25, -0.2) is 0 Å². The second-order valence-corrected chi connectivity index (χ2v) is 5.03. The van der Waals surface area contributed by atoms with Crippen LogP contribution in [0.5, 0.6) is 0 Å². The summed E-state index contributed by atoms with van der Waals surface area (Å²) in [4.78, 5) is 23.5. The summed E-state index contributed by atoms with van der Waals surface area (Å²) in [6.07, 6.45) is 0. The Hall–Kier alpha value is -2.14. The second-order valence-electron chi connectivity index (χ2n) is 4.65. The molecule has 1 amide bonds. The van der Waals surface area contributed by atoms with E-state index in [-0.39, 0.29) is 11.7 Å². The maximum absolute atomic E-state index is 12.3. The highest BCUT2D eigenvalue weighted by Crippen LogP contribution is 2.21. The number of Topliss-reactive ketones (excluding diaryl/α,β-unsaturated/α-hetero) is 1. The molecule has 0 unspecified atom stereocenters. The Morgan fingerprint density at radius 1 is 1.29 bits per heavy atom. The van der Waals surface area contributed by atoms with Crippen LogP contribution in [0.1, 0.15) is 40.4 Å². The number of hydrogen-bond donors (Lipinski definition) is 1. The van der Waals surface area contributed by atoms with Crippen molar-refractivity contribution in [2.24, 2.45) is 0 Å². The van der Waals surface area contributed by atoms with Gasteiger partial charge in [-0.3, -0.25) is 14.3 Å². The lowest BCUT2D eigenvalue weighted by molar-refractivity contribution is 0.101. The number of halogens is 1. The molecule has 0 aliphatic heterocycles. The zero-order valence-electron chi connectivity index (χ0n) is 12.1. The number of aromatic nitrogens is 2. The van der Waals surface area contributed by atoms with Crippen molar-refractivity contribution in [3.8, 4) is 0 Å². The van der Waals surface area contributed by atoms with Crippen molar-refractivity contribution in [2.45, 2.75) is 27.3 Å². The molecule has 6 heteroatoms. The molecule has 0 aliphatic carbocycles. The minimum Gasteiger partial charge on any atom is -0.321 e. The molecule has 0 aliphatic rings. The Labute approximate surface area is 127 Å². The van der Waals surface area contributed by atoms with Gasteiger partial charge in [0.2, 0.25) is 0 Å². The van der Waals surface area contributed by atoms with E-state index in [4.69, 9.17) is 11.6 Å². The van der Waals surface area contributed by atoms with Gasteiger partial charge in [-0.2, -0.15) is 5.10 Å². The molecule has 0 bridgehead atoms. The van der Waals surface area contributed by atoms with Crippen molar-refractivity contribution in [1.29, 1.82) is 0 Å². The minimum atomic E-state index is -0.321. The fraction of sp³-hybridized carbons (Fsp3) is 0.267. The number of hydrogen-bond acceptors (Lipinski definition) is 3. The Kier molecular flexibility index (Phi) is 4.43. The molecule has 1 heterocycles. The van der Waals surface area contributed by atoms with Gasteiger partial charge in [0.05, 0.1) is 10.7 Å². The maximum atomic E-state index is 12.3. The summed E-state index contributed by atoms with van der Waals surface area (Å²) in [5.41, 5.74) is 2.16. The number of nitrogens with zero attached hydrogens (tertiary/aromatic N) is 2. The standard InChI is InChI=1S/C15H16ClN3O2/c1-4-19-14(13(16)9(2)18-19)15(21)17-12-7-5-11(6-8-12)10(3)20/h5-8H,4H2,1-3H3,(H,17,21). The smallest absolute Gasteiger partial charge is 0.275 e. The monoisotopic (exact) mass is 305 g/mol. The van der Waals surface area contributed by atoms with E-state index in [2.05, 4.69) is 10.4 Å². The number of anilines is 1. The van der Waals surface area contributed by atoms with Gasteiger partial charge in [0, 0.05) is 17.8 Å². The van der Waals surface area contributed by atoms with Gasteiger partial charge in [-0.15, -0.1) is 0 Å². The molecule has 0 fully saturated rings. The molecule has 2 aromatic rings. The lowest BCUT2D eigenvalue weighted by atomic mass is 10.1. The minimum absolute atomic E-state index is 0.0180. The molecule has 0 atom stereocenters. The number of benzene rings is 1. The molecule has 0 spiro atoms. The molecule has 0 saturated carbocycles. The first kappa shape index (κ1) is 15.3. The number of aryl methyl sites for hydroxylation is 2. The van der Waals surface area contributed by atoms with Gasteiger partial charge in [-0.1, -0.05) is 11.6 Å². The van der Waals surface area contributed by atoms with Crippen LogP contribution in [0, 0.1) is 6.92 Å². The molecule has 5 nitrogen and oxygen atoms in total. The summed E-state index contributed by atoms with van der Waals surface area (Å²) in [6.45, 7) is 5.70. The predicted molar refractivity (Wildman–Crippen MR) is 82.0 cm³/mol. The highest BCUT2D eigenvalue weighted by Gasteiger charge is 2.19. The summed E-state index contributed by atoms with van der Waals surface area (Å²) in [6, 6.07) is 6.70. The van der Waals surface area contributed by atoms with E-state index in [1.807, 2.05) is 6.92 Å². The highest BCUT2D eigenvalue weighted by molar-refractivity contribution is 6.34. The third-order valence-corrected chi connectivity index (χ3v) is 3.57. The van der Waals surface area contributed by atoms with E-state index >= 15 is 0 Å². The fourth-order valence-corrected chi connectivity index (χ4v) is 2.21. The topological polar surface area (TPSA) is 64.0 Å². The number of carbonyl (C=O) groups is 2. The van der Waals surface area contributed by atoms with E-state index < -0.39 is 0 Å². The van der Waals surface area contributed by atoms with Crippen LogP contribution in [0.4, 0.5) is 5.69 Å². The first-order valence-corrected chi connectivity index (χ1v) is 6.97. The number of ketones is 1. The Balaban J connectivity index is 2.24. The van der Waals surface area contributed by atoms with Crippen LogP contribution in [0.15, 0.2) is 24.3 Å². The van der Waals surface area contributed by atoms with Crippen molar-refractivity contribution in [3.63, 3.8) is 0 Å². The molecule has 1 aromatic heterocycles. The van der Waals surface area contributed by atoms with Crippen LogP contribution >= 0.6 is 11.6 Å². The van der Waals surface area contributed by atoms with E-state index in [1.165, 1.54) is 6.92 Å². The van der Waals surface area contributed by atoms with E-state index in [1.54, 1.807) is 35.9 Å². The van der Waals surface area contributed by atoms with E-state index in [0.29, 0.717) is 34.2 Å². The van der Waals surface area contributed by atoms with Crippen LogP contribution in [0.3, 0.4) is 0 Å². The number of carbonyl (C=O) groups excluding carboxylic acids is 2. The quantitative estimate of drug-likeness (QED) is 0.881. The molecule has 21 heavy (non-hydrogen) atoms. The zero-order chi connectivity index (χ0) is 15.6. The second kappa shape index (κ2) is 6.10. The van der Waals surface area contributed by atoms with Gasteiger partial charge in [-0.05, 0) is 45.0 Å². The number of nitrogens with one attached hydrogen (secondary N) is 1. The number of amides is 1. The average Bonchev–Trinajstić information content (AvgIpc) is 2.74. The highest BCUT2D eigenvalue weighted by atomic mass is 35.5. The predicted octanol–water partition coefficient (Wildman–Crippen LogP) is 3.32. The zero-order valence-corrected chi connectivity index (χ0v) is 12.9. The Morgan fingerprint density at radius 3 is 2.43 bits per heavy atom. The van der Waals surface area contributed by atoms with Crippen LogP contribution in [0.25, 0.3) is 0 Å². The van der Waals surface area contributed by atoms with Crippen LogP contribution in [-0.4, -0.2) is 21.5 Å². The molecule has 0 radical (unpaired) electrons. The van der Waals surface area contributed by atoms with Crippen LogP contribution < -0.4 is 5.32 Å². The Morgan fingerprint density at radius 2 is 1.90 bits per heavy atom. The summed E-state index contributed by atoms with van der Waals surface area (Å²) >= 11 is 6.13. The molecule has 1 aromatic carbocycles. The molecule has 110 valence electrons. The van der Waals surface area contributed by atoms with Crippen LogP contribution in [-0.2, 0) is 6.54 Å².